The third-order valence-electron chi connectivity index (χ3n) is 3.40. The molecule has 0 aliphatic heterocycles. The Morgan fingerprint density at radius 2 is 1.76 bits per heavy atom. The molecule has 0 unspecified atom stereocenters. The van der Waals surface area contributed by atoms with Gasteiger partial charge < -0.3 is 9.47 Å². The molecule has 0 saturated heterocycles. The fourth-order valence-corrected chi connectivity index (χ4v) is 2.77. The summed E-state index contributed by atoms with van der Waals surface area (Å²) in [7, 11) is 1.65. The normalized spacial score (nSPS) is 10.6. The summed E-state index contributed by atoms with van der Waals surface area (Å²) in [6.07, 6.45) is 0. The smallest absolute Gasteiger partial charge is 0.134 e. The number of benzene rings is 3. The van der Waals surface area contributed by atoms with Crippen molar-refractivity contribution in [1.82, 2.24) is 0 Å². The number of hydrogen-bond acceptors (Lipinski definition) is 2. The Morgan fingerprint density at radius 1 is 0.952 bits per heavy atom. The highest BCUT2D eigenvalue weighted by Gasteiger charge is 2.05. The van der Waals surface area contributed by atoms with E-state index in [0.29, 0.717) is 6.61 Å². The SMILES string of the molecule is COc1ccc(OCc2cccc3ccccc23)c(Br)c1. The van der Waals surface area contributed by atoms with E-state index in [2.05, 4.69) is 52.3 Å². The van der Waals surface area contributed by atoms with Crippen molar-refractivity contribution in [3.05, 3.63) is 70.7 Å². The monoisotopic (exact) mass is 342 g/mol. The van der Waals surface area contributed by atoms with E-state index in [1.54, 1.807) is 7.11 Å². The molecule has 0 saturated carbocycles. The van der Waals surface area contributed by atoms with Gasteiger partial charge >= 0.3 is 0 Å². The van der Waals surface area contributed by atoms with Crippen molar-refractivity contribution >= 4 is 26.7 Å². The van der Waals surface area contributed by atoms with E-state index in [1.165, 1.54) is 16.3 Å². The lowest BCUT2D eigenvalue weighted by Crippen LogP contribution is -1.97. The summed E-state index contributed by atoms with van der Waals surface area (Å²) in [4.78, 5) is 0. The van der Waals surface area contributed by atoms with Gasteiger partial charge in [-0.3, -0.25) is 0 Å². The molecule has 0 bridgehead atoms. The first-order valence-electron chi connectivity index (χ1n) is 6.71. The van der Waals surface area contributed by atoms with Gasteiger partial charge in [-0.05, 0) is 50.5 Å². The average molecular weight is 343 g/mol. The molecule has 3 aromatic rings. The second kappa shape index (κ2) is 6.19. The summed E-state index contributed by atoms with van der Waals surface area (Å²) < 4.78 is 12.0. The van der Waals surface area contributed by atoms with E-state index in [-0.39, 0.29) is 0 Å². The molecule has 3 aromatic carbocycles. The Bertz CT molecular complexity index is 763. The molecular weight excluding hydrogens is 328 g/mol. The Hall–Kier alpha value is -2.00. The highest BCUT2D eigenvalue weighted by molar-refractivity contribution is 9.10. The highest BCUT2D eigenvalue weighted by atomic mass is 79.9. The lowest BCUT2D eigenvalue weighted by Gasteiger charge is -2.11. The summed E-state index contributed by atoms with van der Waals surface area (Å²) in [6, 6.07) is 20.3. The third kappa shape index (κ3) is 3.03. The van der Waals surface area contributed by atoms with E-state index in [4.69, 9.17) is 9.47 Å². The van der Waals surface area contributed by atoms with Crippen molar-refractivity contribution in [1.29, 1.82) is 0 Å². The zero-order chi connectivity index (χ0) is 14.7. The van der Waals surface area contributed by atoms with Crippen LogP contribution in [-0.2, 0) is 6.61 Å². The molecule has 0 aliphatic rings. The van der Waals surface area contributed by atoms with E-state index in [9.17, 15) is 0 Å². The van der Waals surface area contributed by atoms with Crippen LogP contribution < -0.4 is 9.47 Å². The van der Waals surface area contributed by atoms with Crippen LogP contribution in [0.1, 0.15) is 5.56 Å². The van der Waals surface area contributed by atoms with Gasteiger partial charge in [0.1, 0.15) is 18.1 Å². The second-order valence-corrected chi connectivity index (χ2v) is 5.58. The van der Waals surface area contributed by atoms with Gasteiger partial charge in [-0.25, -0.2) is 0 Å². The molecule has 3 rings (SSSR count). The van der Waals surface area contributed by atoms with Crippen molar-refractivity contribution in [2.45, 2.75) is 6.61 Å². The van der Waals surface area contributed by atoms with Crippen LogP contribution in [0, 0.1) is 0 Å². The van der Waals surface area contributed by atoms with Crippen molar-refractivity contribution in [2.75, 3.05) is 7.11 Å². The van der Waals surface area contributed by atoms with Crippen LogP contribution in [0.3, 0.4) is 0 Å². The summed E-state index contributed by atoms with van der Waals surface area (Å²) in [6.45, 7) is 0.534. The fourth-order valence-electron chi connectivity index (χ4n) is 2.30. The van der Waals surface area contributed by atoms with Crippen LogP contribution in [0.5, 0.6) is 11.5 Å². The number of rotatable bonds is 4. The van der Waals surface area contributed by atoms with Gasteiger partial charge in [0.15, 0.2) is 0 Å². The molecule has 0 aliphatic carbocycles. The number of fused-ring (bicyclic) bond motifs is 1. The Balaban J connectivity index is 1.84. The molecule has 0 aromatic heterocycles. The lowest BCUT2D eigenvalue weighted by molar-refractivity contribution is 0.305. The van der Waals surface area contributed by atoms with Gasteiger partial charge in [-0.15, -0.1) is 0 Å². The summed E-state index contributed by atoms with van der Waals surface area (Å²) >= 11 is 3.51. The molecule has 0 heterocycles. The van der Waals surface area contributed by atoms with Crippen molar-refractivity contribution < 1.29 is 9.47 Å². The molecule has 0 atom stereocenters. The Labute approximate surface area is 132 Å². The van der Waals surface area contributed by atoms with Gasteiger partial charge in [0.25, 0.3) is 0 Å². The molecule has 0 radical (unpaired) electrons. The molecule has 0 amide bonds. The predicted octanol–water partition coefficient (Wildman–Crippen LogP) is 5.19. The van der Waals surface area contributed by atoms with Gasteiger partial charge in [0.05, 0.1) is 11.6 Å². The number of methoxy groups -OCH3 is 1. The van der Waals surface area contributed by atoms with E-state index < -0.39 is 0 Å². The quantitative estimate of drug-likeness (QED) is 0.649. The van der Waals surface area contributed by atoms with E-state index in [0.717, 1.165) is 16.0 Å². The minimum absolute atomic E-state index is 0.534. The van der Waals surface area contributed by atoms with Crippen LogP contribution in [0.2, 0.25) is 0 Å². The van der Waals surface area contributed by atoms with Crippen LogP contribution in [0.15, 0.2) is 65.1 Å². The summed E-state index contributed by atoms with van der Waals surface area (Å²) in [5.74, 6) is 1.61. The first kappa shape index (κ1) is 14.0. The zero-order valence-electron chi connectivity index (χ0n) is 11.7. The molecular formula is C18H15BrO2. The van der Waals surface area contributed by atoms with Crippen LogP contribution in [-0.4, -0.2) is 7.11 Å². The topological polar surface area (TPSA) is 18.5 Å². The zero-order valence-corrected chi connectivity index (χ0v) is 13.3. The lowest BCUT2D eigenvalue weighted by atomic mass is 10.1. The van der Waals surface area contributed by atoms with E-state index >= 15 is 0 Å². The summed E-state index contributed by atoms with van der Waals surface area (Å²) in [5, 5.41) is 2.46. The third-order valence-corrected chi connectivity index (χ3v) is 4.02. The van der Waals surface area contributed by atoms with Crippen molar-refractivity contribution in [3.8, 4) is 11.5 Å². The maximum absolute atomic E-state index is 5.93. The van der Waals surface area contributed by atoms with Crippen LogP contribution >= 0.6 is 15.9 Å². The molecule has 0 spiro atoms. The standard InChI is InChI=1S/C18H15BrO2/c1-20-15-9-10-18(17(19)11-15)21-12-14-7-4-6-13-5-2-3-8-16(13)14/h2-11H,12H2,1H3. The molecule has 0 N–H and O–H groups in total. The molecule has 21 heavy (non-hydrogen) atoms. The largest absolute Gasteiger partial charge is 0.497 e. The minimum atomic E-state index is 0.534. The maximum atomic E-state index is 5.93. The number of hydrogen-bond donors (Lipinski definition) is 0. The van der Waals surface area contributed by atoms with Gasteiger partial charge in [-0.1, -0.05) is 42.5 Å². The Kier molecular flexibility index (Phi) is 4.11. The van der Waals surface area contributed by atoms with Crippen LogP contribution in [0.4, 0.5) is 0 Å². The maximum Gasteiger partial charge on any atom is 0.134 e. The highest BCUT2D eigenvalue weighted by Crippen LogP contribution is 2.30. The second-order valence-electron chi connectivity index (χ2n) is 4.72. The summed E-state index contributed by atoms with van der Waals surface area (Å²) in [5.41, 5.74) is 1.18. The Morgan fingerprint density at radius 3 is 2.57 bits per heavy atom. The van der Waals surface area contributed by atoms with Crippen molar-refractivity contribution in [3.63, 3.8) is 0 Å². The first-order chi connectivity index (χ1) is 10.3. The molecule has 2 nitrogen and oxygen atoms in total. The molecule has 3 heteroatoms. The fraction of sp³-hybridized carbons (Fsp3) is 0.111. The molecule has 0 fully saturated rings. The minimum Gasteiger partial charge on any atom is -0.497 e. The number of halogens is 1. The van der Waals surface area contributed by atoms with Crippen LogP contribution in [0.25, 0.3) is 10.8 Å². The van der Waals surface area contributed by atoms with Gasteiger partial charge in [-0.2, -0.15) is 0 Å². The van der Waals surface area contributed by atoms with Gasteiger partial charge in [0, 0.05) is 0 Å². The number of ether oxygens (including phenoxy) is 2. The molecule has 106 valence electrons. The van der Waals surface area contributed by atoms with E-state index in [1.807, 2.05) is 24.3 Å². The first-order valence-corrected chi connectivity index (χ1v) is 7.50. The van der Waals surface area contributed by atoms with Crippen molar-refractivity contribution in [2.24, 2.45) is 0 Å². The average Bonchev–Trinajstić information content (AvgIpc) is 2.53. The van der Waals surface area contributed by atoms with Gasteiger partial charge in [0.2, 0.25) is 0 Å². The predicted molar refractivity (Wildman–Crippen MR) is 89.0 cm³/mol.